The first kappa shape index (κ1) is 11.8. The van der Waals surface area contributed by atoms with E-state index >= 15 is 0 Å². The summed E-state index contributed by atoms with van der Waals surface area (Å²) >= 11 is 0.308. The molecule has 0 fully saturated rings. The maximum atomic E-state index is 2.42. The SMILES string of the molecule is CCCCC[CH2][Mg][CH](C)CC. The van der Waals surface area contributed by atoms with Gasteiger partial charge in [0.2, 0.25) is 0 Å². The Morgan fingerprint density at radius 1 is 1.09 bits per heavy atom. The molecule has 0 heterocycles. The normalized spacial score (nSPS) is 12.6. The topological polar surface area (TPSA) is 0 Å². The Morgan fingerprint density at radius 2 is 1.82 bits per heavy atom. The average Bonchev–Trinajstić information content (AvgIpc) is 2.04. The fourth-order valence-corrected chi connectivity index (χ4v) is 3.05. The van der Waals surface area contributed by atoms with Crippen molar-refractivity contribution in [2.45, 2.75) is 61.5 Å². The van der Waals surface area contributed by atoms with Crippen molar-refractivity contribution in [3.63, 3.8) is 0 Å². The van der Waals surface area contributed by atoms with Crippen LogP contribution in [0.15, 0.2) is 0 Å². The summed E-state index contributed by atoms with van der Waals surface area (Å²) in [6, 6.07) is 0. The summed E-state index contributed by atoms with van der Waals surface area (Å²) in [5.41, 5.74) is 0. The quantitative estimate of drug-likeness (QED) is 0.397. The van der Waals surface area contributed by atoms with Crippen LogP contribution in [-0.2, 0) is 0 Å². The molecular formula is C10H22Mg. The van der Waals surface area contributed by atoms with Crippen molar-refractivity contribution in [1.29, 1.82) is 0 Å². The molecule has 0 aromatic rings. The molecule has 0 saturated heterocycles. The van der Waals surface area contributed by atoms with Crippen molar-refractivity contribution in [3.8, 4) is 0 Å². The molecule has 1 atom stereocenters. The minimum atomic E-state index is 0.308. The molecule has 0 radical (unpaired) electrons. The maximum absolute atomic E-state index is 2.42. The van der Waals surface area contributed by atoms with Crippen LogP contribution in [0.4, 0.5) is 0 Å². The molecule has 0 aliphatic carbocycles. The molecule has 11 heavy (non-hydrogen) atoms. The van der Waals surface area contributed by atoms with Crippen LogP contribution in [0.5, 0.6) is 0 Å². The Hall–Kier alpha value is 0.766. The first-order valence-corrected chi connectivity index (χ1v) is 7.12. The molecule has 0 aromatic heterocycles. The van der Waals surface area contributed by atoms with Crippen molar-refractivity contribution in [3.05, 3.63) is 0 Å². The lowest BCUT2D eigenvalue weighted by atomic mass is 10.2. The van der Waals surface area contributed by atoms with Gasteiger partial charge < -0.3 is 0 Å². The summed E-state index contributed by atoms with van der Waals surface area (Å²) in [6.45, 7) is 7.03. The van der Waals surface area contributed by atoms with Crippen LogP contribution in [0, 0.1) is 0 Å². The number of hydrogen-bond donors (Lipinski definition) is 0. The van der Waals surface area contributed by atoms with Crippen LogP contribution < -0.4 is 0 Å². The average molecular weight is 167 g/mol. The summed E-state index contributed by atoms with van der Waals surface area (Å²) < 4.78 is 2.69. The van der Waals surface area contributed by atoms with Crippen molar-refractivity contribution < 1.29 is 0 Å². The van der Waals surface area contributed by atoms with Gasteiger partial charge in [-0.3, -0.25) is 0 Å². The molecule has 64 valence electrons. The van der Waals surface area contributed by atoms with Crippen molar-refractivity contribution >= 4 is 20.4 Å². The summed E-state index contributed by atoms with van der Waals surface area (Å²) in [7, 11) is 0. The summed E-state index contributed by atoms with van der Waals surface area (Å²) in [5.74, 6) is 0. The minimum absolute atomic E-state index is 0.308. The lowest BCUT2D eigenvalue weighted by molar-refractivity contribution is 0.696. The van der Waals surface area contributed by atoms with E-state index < -0.39 is 0 Å². The highest BCUT2D eigenvalue weighted by atomic mass is 24.5. The van der Waals surface area contributed by atoms with E-state index in [-0.39, 0.29) is 0 Å². The molecule has 0 saturated carbocycles. The zero-order chi connectivity index (χ0) is 8.53. The molecule has 1 heteroatoms. The number of hydrogen-bond acceptors (Lipinski definition) is 0. The van der Waals surface area contributed by atoms with E-state index in [0.29, 0.717) is 20.4 Å². The molecule has 0 aromatic carbocycles. The van der Waals surface area contributed by atoms with Crippen LogP contribution in [0.25, 0.3) is 0 Å². The number of unbranched alkanes of at least 4 members (excludes halogenated alkanes) is 3. The molecule has 0 spiro atoms. The molecule has 0 aliphatic rings. The molecule has 0 nitrogen and oxygen atoms in total. The Labute approximate surface area is 81.9 Å². The van der Waals surface area contributed by atoms with Crippen molar-refractivity contribution in [1.82, 2.24) is 0 Å². The van der Waals surface area contributed by atoms with Crippen LogP contribution in [0.3, 0.4) is 0 Å². The van der Waals surface area contributed by atoms with Gasteiger partial charge in [0.05, 0.1) is 0 Å². The molecular weight excluding hydrogens is 144 g/mol. The van der Waals surface area contributed by atoms with Gasteiger partial charge in [-0.05, 0) is 0 Å². The van der Waals surface area contributed by atoms with Gasteiger partial charge in [-0.15, -0.1) is 8.60 Å². The van der Waals surface area contributed by atoms with E-state index in [2.05, 4.69) is 20.8 Å². The van der Waals surface area contributed by atoms with Crippen LogP contribution in [0.1, 0.15) is 52.9 Å². The van der Waals surface area contributed by atoms with E-state index in [9.17, 15) is 0 Å². The first-order chi connectivity index (χ1) is 5.31. The second-order valence-corrected chi connectivity index (χ2v) is 6.39. The van der Waals surface area contributed by atoms with E-state index in [1.54, 1.807) is 4.55 Å². The summed E-state index contributed by atoms with van der Waals surface area (Å²) in [6.07, 6.45) is 7.25. The molecule has 0 aliphatic heterocycles. The Bertz CT molecular complexity index is 71.3. The first-order valence-electron chi connectivity index (χ1n) is 5.31. The van der Waals surface area contributed by atoms with Gasteiger partial charge in [0, 0.05) is 0 Å². The third-order valence-electron chi connectivity index (χ3n) is 2.50. The summed E-state index contributed by atoms with van der Waals surface area (Å²) in [5, 5.41) is 0. The number of rotatable bonds is 7. The van der Waals surface area contributed by atoms with Crippen LogP contribution in [0.2, 0.25) is 8.60 Å². The zero-order valence-corrected chi connectivity index (χ0v) is 9.94. The van der Waals surface area contributed by atoms with Gasteiger partial charge in [-0.2, -0.15) is 0 Å². The highest BCUT2D eigenvalue weighted by Gasteiger charge is 2.02. The lowest BCUT2D eigenvalue weighted by Gasteiger charge is -2.04. The van der Waals surface area contributed by atoms with E-state index in [4.69, 9.17) is 0 Å². The highest BCUT2D eigenvalue weighted by Crippen LogP contribution is 2.11. The van der Waals surface area contributed by atoms with Gasteiger partial charge in [0.15, 0.2) is 0 Å². The van der Waals surface area contributed by atoms with E-state index in [0.717, 1.165) is 4.05 Å². The maximum Gasteiger partial charge on any atom is 0.368 e. The van der Waals surface area contributed by atoms with Gasteiger partial charge in [-0.1, -0.05) is 52.9 Å². The Morgan fingerprint density at radius 3 is 2.36 bits per heavy atom. The zero-order valence-electron chi connectivity index (χ0n) is 8.53. The van der Waals surface area contributed by atoms with Crippen LogP contribution in [-0.4, -0.2) is 20.4 Å². The largest absolute Gasteiger partial charge is 0.368 e. The third kappa shape index (κ3) is 8.67. The second-order valence-electron chi connectivity index (χ2n) is 3.72. The van der Waals surface area contributed by atoms with Crippen LogP contribution >= 0.6 is 0 Å². The molecule has 1 unspecified atom stereocenters. The fourth-order valence-electron chi connectivity index (χ4n) is 1.30. The molecule has 0 bridgehead atoms. The minimum Gasteiger partial charge on any atom is -0.145 e. The van der Waals surface area contributed by atoms with Crippen molar-refractivity contribution in [2.24, 2.45) is 0 Å². The smallest absolute Gasteiger partial charge is 0.145 e. The predicted molar refractivity (Wildman–Crippen MR) is 54.4 cm³/mol. The monoisotopic (exact) mass is 166 g/mol. The fraction of sp³-hybridized carbons (Fsp3) is 1.00. The standard InChI is InChI=1S/C6H13.C4H9.Mg/c1-3-5-6-4-2;1-3-4-2;/h1,3-6H2,2H3;3H,4H2,1-2H3;. The molecule has 0 N–H and O–H groups in total. The third-order valence-corrected chi connectivity index (χ3v) is 4.97. The van der Waals surface area contributed by atoms with Gasteiger partial charge in [0.25, 0.3) is 0 Å². The van der Waals surface area contributed by atoms with Crippen molar-refractivity contribution in [2.75, 3.05) is 0 Å². The molecule has 0 amide bonds. The Kier molecular flexibility index (Phi) is 9.48. The Balaban J connectivity index is 2.89. The lowest BCUT2D eigenvalue weighted by Crippen LogP contribution is -1.97. The summed E-state index contributed by atoms with van der Waals surface area (Å²) in [4.78, 5) is 0. The van der Waals surface area contributed by atoms with Gasteiger partial charge >= 0.3 is 20.4 Å². The highest BCUT2D eigenvalue weighted by molar-refractivity contribution is 6.37. The molecule has 0 rings (SSSR count). The van der Waals surface area contributed by atoms with E-state index in [1.807, 2.05) is 0 Å². The predicted octanol–water partition coefficient (Wildman–Crippen LogP) is 3.91. The van der Waals surface area contributed by atoms with Gasteiger partial charge in [-0.25, -0.2) is 0 Å². The van der Waals surface area contributed by atoms with E-state index in [1.165, 1.54) is 32.1 Å². The second kappa shape index (κ2) is 8.86. The van der Waals surface area contributed by atoms with Gasteiger partial charge in [0.1, 0.15) is 0 Å².